The van der Waals surface area contributed by atoms with Crippen molar-refractivity contribution in [3.05, 3.63) is 75.9 Å². The first-order valence-electron chi connectivity index (χ1n) is 10.8. The van der Waals surface area contributed by atoms with Crippen LogP contribution in [-0.4, -0.2) is 38.9 Å². The van der Waals surface area contributed by atoms with Gasteiger partial charge in [-0.15, -0.1) is 11.3 Å². The molecule has 0 saturated heterocycles. The van der Waals surface area contributed by atoms with Gasteiger partial charge in [-0.3, -0.25) is 4.79 Å². The number of thiophene rings is 1. The number of ether oxygens (including phenoxy) is 1. The van der Waals surface area contributed by atoms with E-state index in [0.717, 1.165) is 11.3 Å². The molecule has 0 fully saturated rings. The van der Waals surface area contributed by atoms with Crippen molar-refractivity contribution in [2.45, 2.75) is 43.9 Å². The van der Waals surface area contributed by atoms with Crippen LogP contribution in [0.3, 0.4) is 0 Å². The summed E-state index contributed by atoms with van der Waals surface area (Å²) in [5, 5.41) is 11.1. The molecule has 1 aromatic carbocycles. The molecule has 0 saturated carbocycles. The summed E-state index contributed by atoms with van der Waals surface area (Å²) in [7, 11) is 1.45. The minimum Gasteiger partial charge on any atom is -0.496 e. The van der Waals surface area contributed by atoms with Gasteiger partial charge in [0.15, 0.2) is 11.0 Å². The van der Waals surface area contributed by atoms with Crippen LogP contribution in [0.4, 0.5) is 13.2 Å². The van der Waals surface area contributed by atoms with E-state index in [-0.39, 0.29) is 10.3 Å². The molecule has 10 heteroatoms. The molecule has 0 aliphatic carbocycles. The third kappa shape index (κ3) is 4.94. The van der Waals surface area contributed by atoms with Gasteiger partial charge in [0, 0.05) is 47.1 Å². The summed E-state index contributed by atoms with van der Waals surface area (Å²) >= 11 is 0.954. The van der Waals surface area contributed by atoms with E-state index in [1.165, 1.54) is 31.8 Å². The van der Waals surface area contributed by atoms with Gasteiger partial charge in [-0.2, -0.15) is 13.2 Å². The van der Waals surface area contributed by atoms with Crippen molar-refractivity contribution < 1.29 is 23.0 Å². The van der Waals surface area contributed by atoms with E-state index in [2.05, 4.69) is 15.0 Å². The average molecular weight is 504 g/mol. The smallest absolute Gasteiger partial charge is 0.417 e. The fourth-order valence-electron chi connectivity index (χ4n) is 4.34. The maximum Gasteiger partial charge on any atom is 0.417 e. The van der Waals surface area contributed by atoms with Crippen LogP contribution in [-0.2, 0) is 11.8 Å². The van der Waals surface area contributed by atoms with Crippen LogP contribution in [0.15, 0.2) is 60.0 Å². The lowest BCUT2D eigenvalue weighted by molar-refractivity contribution is -0.266. The topological polar surface area (TPSA) is 88.1 Å². The zero-order valence-electron chi connectivity index (χ0n) is 19.3. The van der Waals surface area contributed by atoms with Crippen LogP contribution in [0.1, 0.15) is 30.7 Å². The van der Waals surface area contributed by atoms with E-state index in [1.54, 1.807) is 44.4 Å². The molecule has 0 aliphatic heterocycles. The van der Waals surface area contributed by atoms with E-state index in [0.29, 0.717) is 32.7 Å². The molecule has 6 nitrogen and oxygen atoms in total. The molecular weight excluding hydrogens is 479 g/mol. The predicted octanol–water partition coefficient (Wildman–Crippen LogP) is 5.26. The molecule has 3 aromatic heterocycles. The summed E-state index contributed by atoms with van der Waals surface area (Å²) in [4.78, 5) is 23.2. The largest absolute Gasteiger partial charge is 0.496 e. The molecule has 184 valence electrons. The second-order valence-electron chi connectivity index (χ2n) is 9.11. The number of aromatic nitrogens is 3. The Labute approximate surface area is 203 Å². The van der Waals surface area contributed by atoms with Crippen LogP contribution in [0.5, 0.6) is 5.75 Å². The van der Waals surface area contributed by atoms with E-state index in [1.807, 2.05) is 0 Å². The van der Waals surface area contributed by atoms with Gasteiger partial charge in [0.25, 0.3) is 0 Å². The Balaban J connectivity index is 1.74. The third-order valence-corrected chi connectivity index (χ3v) is 7.18. The number of nitrogens with one attached hydrogen (secondary N) is 1. The van der Waals surface area contributed by atoms with Gasteiger partial charge < -0.3 is 14.8 Å². The lowest BCUT2D eigenvalue weighted by Crippen LogP contribution is -2.50. The second-order valence-corrected chi connectivity index (χ2v) is 10.2. The molecule has 4 rings (SSSR count). The lowest BCUT2D eigenvalue weighted by Gasteiger charge is -2.38. The zero-order chi connectivity index (χ0) is 25.4. The summed E-state index contributed by atoms with van der Waals surface area (Å²) in [6.45, 7) is 3.28. The first-order valence-corrected chi connectivity index (χ1v) is 11.6. The number of benzene rings is 1. The number of alkyl halides is 3. The van der Waals surface area contributed by atoms with Gasteiger partial charge in [-0.25, -0.2) is 9.97 Å². The molecule has 3 heterocycles. The van der Waals surface area contributed by atoms with Crippen LogP contribution in [0, 0.1) is 0 Å². The van der Waals surface area contributed by atoms with E-state index >= 15 is 0 Å². The minimum absolute atomic E-state index is 0.261. The number of rotatable bonds is 7. The maximum absolute atomic E-state index is 14.3. The van der Waals surface area contributed by atoms with Crippen molar-refractivity contribution in [3.63, 3.8) is 0 Å². The third-order valence-electron chi connectivity index (χ3n) is 6.03. The number of H-pyrrole nitrogens is 1. The first-order chi connectivity index (χ1) is 16.4. The zero-order valence-corrected chi connectivity index (χ0v) is 20.1. The lowest BCUT2D eigenvalue weighted by atomic mass is 9.73. The Morgan fingerprint density at radius 2 is 1.80 bits per heavy atom. The molecule has 1 unspecified atom stereocenters. The van der Waals surface area contributed by atoms with E-state index < -0.39 is 30.0 Å². The number of aromatic amines is 1. The van der Waals surface area contributed by atoms with Gasteiger partial charge in [-0.1, -0.05) is 19.9 Å². The number of nitrogens with zero attached hydrogens (tertiary/aromatic N) is 2. The van der Waals surface area contributed by atoms with Crippen molar-refractivity contribution in [1.29, 1.82) is 0 Å². The summed E-state index contributed by atoms with van der Waals surface area (Å²) in [5.74, 6) is 0.410. The van der Waals surface area contributed by atoms with Crippen molar-refractivity contribution in [2.75, 3.05) is 7.11 Å². The minimum atomic E-state index is -4.91. The second kappa shape index (κ2) is 9.09. The van der Waals surface area contributed by atoms with Gasteiger partial charge in [0.2, 0.25) is 0 Å². The highest BCUT2D eigenvalue weighted by molar-refractivity contribution is 7.18. The normalized spacial score (nSPS) is 14.1. The Kier molecular flexibility index (Phi) is 6.46. The number of hydrogen-bond donors (Lipinski definition) is 2. The van der Waals surface area contributed by atoms with Gasteiger partial charge in [0.1, 0.15) is 12.1 Å². The molecule has 35 heavy (non-hydrogen) atoms. The van der Waals surface area contributed by atoms with Crippen molar-refractivity contribution in [3.8, 4) is 16.9 Å². The highest BCUT2D eigenvalue weighted by Crippen LogP contribution is 2.46. The summed E-state index contributed by atoms with van der Waals surface area (Å²) < 4.78 is 48.8. The van der Waals surface area contributed by atoms with Crippen molar-refractivity contribution >= 4 is 21.6 Å². The monoisotopic (exact) mass is 503 g/mol. The highest BCUT2D eigenvalue weighted by atomic mass is 32.1. The molecule has 1 atom stereocenters. The van der Waals surface area contributed by atoms with Crippen LogP contribution in [0.25, 0.3) is 21.3 Å². The molecule has 4 aromatic rings. The van der Waals surface area contributed by atoms with Crippen LogP contribution in [0.2, 0.25) is 0 Å². The molecule has 0 radical (unpaired) electrons. The molecule has 2 N–H and O–H groups in total. The number of halogens is 3. The van der Waals surface area contributed by atoms with Gasteiger partial charge in [0.05, 0.1) is 17.3 Å². The number of pyridine rings is 1. The van der Waals surface area contributed by atoms with E-state index in [4.69, 9.17) is 4.74 Å². The van der Waals surface area contributed by atoms with Crippen molar-refractivity contribution in [2.24, 2.45) is 0 Å². The molecular formula is C25H24F3N3O3S. The van der Waals surface area contributed by atoms with Crippen molar-refractivity contribution in [1.82, 2.24) is 15.0 Å². The molecule has 0 spiro atoms. The quantitative estimate of drug-likeness (QED) is 0.359. The average Bonchev–Trinajstić information content (AvgIpc) is 3.21. The SMILES string of the molecule is COc1ccc(-c2cncnc2)cc1C(C)(C)CC(O)(Cc1cc2[nH]ccc(=O)c2s1)C(F)(F)F. The highest BCUT2D eigenvalue weighted by Gasteiger charge is 2.56. The Morgan fingerprint density at radius 1 is 1.09 bits per heavy atom. The number of hydrogen-bond acceptors (Lipinski definition) is 6. The Hall–Kier alpha value is -3.24. The predicted molar refractivity (Wildman–Crippen MR) is 129 cm³/mol. The number of fused-ring (bicyclic) bond motifs is 1. The molecule has 0 amide bonds. The Morgan fingerprint density at radius 3 is 2.43 bits per heavy atom. The first kappa shape index (κ1) is 24.9. The summed E-state index contributed by atoms with van der Waals surface area (Å²) in [6.07, 6.45) is -0.165. The standard InChI is InChI=1S/C25H24F3N3O3S/c1-23(2,18-8-15(4-5-21(18)34-3)16-11-29-14-30-12-16)13-24(33,25(26,27)28)10-17-9-19-22(35-17)20(32)6-7-31-19/h4-9,11-12,14,33H,10,13H2,1-3H3,(H,31,32). The molecule has 0 aliphatic rings. The fraction of sp³-hybridized carbons (Fsp3) is 0.320. The van der Waals surface area contributed by atoms with Gasteiger partial charge in [-0.05, 0) is 35.6 Å². The van der Waals surface area contributed by atoms with Crippen LogP contribution >= 0.6 is 11.3 Å². The number of aliphatic hydroxyl groups is 1. The number of methoxy groups -OCH3 is 1. The summed E-state index contributed by atoms with van der Waals surface area (Å²) in [5.41, 5.74) is -2.10. The maximum atomic E-state index is 14.3. The van der Waals surface area contributed by atoms with Crippen LogP contribution < -0.4 is 10.2 Å². The molecule has 0 bridgehead atoms. The van der Waals surface area contributed by atoms with Gasteiger partial charge >= 0.3 is 6.18 Å². The fourth-order valence-corrected chi connectivity index (χ4v) is 5.49. The Bertz CT molecular complexity index is 1400. The summed E-state index contributed by atoms with van der Waals surface area (Å²) in [6, 6.07) is 8.01. The van der Waals surface area contributed by atoms with E-state index in [9.17, 15) is 23.1 Å².